The lowest BCUT2D eigenvalue weighted by molar-refractivity contribution is 0.598. The van der Waals surface area contributed by atoms with Crippen molar-refractivity contribution < 1.29 is 42.1 Å². The Morgan fingerprint density at radius 1 is 0.275 bits per heavy atom. The molecule has 0 unspecified atom stereocenters. The van der Waals surface area contributed by atoms with Crippen LogP contribution in [0.4, 0.5) is 0 Å². The number of rotatable bonds is 4. The van der Waals surface area contributed by atoms with E-state index in [0.29, 0.717) is 0 Å². The van der Waals surface area contributed by atoms with Crippen molar-refractivity contribution in [1.29, 1.82) is 0 Å². The Balaban J connectivity index is 1.47. The lowest BCUT2D eigenvalue weighted by Crippen LogP contribution is -2.15. The van der Waals surface area contributed by atoms with Gasteiger partial charge in [-0.25, -0.2) is 42.1 Å². The summed E-state index contributed by atoms with van der Waals surface area (Å²) in [5.74, 6) is 0. The molecule has 254 valence electrons. The molecule has 0 saturated carbocycles. The summed E-state index contributed by atoms with van der Waals surface area (Å²) < 4.78 is 145. The summed E-state index contributed by atoms with van der Waals surface area (Å²) in [4.78, 5) is -6.07. The van der Waals surface area contributed by atoms with Crippen LogP contribution in [0.1, 0.15) is 22.3 Å². The van der Waals surface area contributed by atoms with Crippen LogP contribution in [0, 0.1) is 0 Å². The van der Waals surface area contributed by atoms with E-state index in [1.54, 1.807) is 12.1 Å². The van der Waals surface area contributed by atoms with E-state index in [1.807, 2.05) is 0 Å². The van der Waals surface area contributed by atoms with E-state index in [1.165, 1.54) is 84.9 Å². The number of allylic oxidation sites excluding steroid dienone is 2. The second-order valence-corrected chi connectivity index (χ2v) is 21.5. The third-order valence-corrected chi connectivity index (χ3v) is 18.9. The van der Waals surface area contributed by atoms with Crippen LogP contribution in [-0.4, -0.2) is 42.1 Å². The van der Waals surface area contributed by atoms with E-state index >= 15 is 8.42 Å². The minimum Gasteiger partial charge on any atom is -0.218 e. The van der Waals surface area contributed by atoms with Crippen LogP contribution in [0.5, 0.6) is 0 Å². The number of benzene rings is 4. The summed E-state index contributed by atoms with van der Waals surface area (Å²) in [6, 6.07) is 22.8. The predicted molar refractivity (Wildman–Crippen MR) is 189 cm³/mol. The van der Waals surface area contributed by atoms with Gasteiger partial charge in [-0.2, -0.15) is 0 Å². The topological polar surface area (TPSA) is 171 Å². The van der Waals surface area contributed by atoms with Gasteiger partial charge in [0.05, 0.1) is 49.0 Å². The van der Waals surface area contributed by atoms with Crippen LogP contribution in [0.2, 0.25) is 0 Å². The Morgan fingerprint density at radius 3 is 0.784 bits per heavy atom. The van der Waals surface area contributed by atoms with Crippen molar-refractivity contribution in [2.75, 3.05) is 0 Å². The first kappa shape index (κ1) is 32.0. The molecule has 0 saturated heterocycles. The molecule has 4 aromatic carbocycles. The molecule has 0 aromatic heterocycles. The van der Waals surface area contributed by atoms with Crippen molar-refractivity contribution in [3.05, 3.63) is 160 Å². The SMILES string of the molecule is O=S1(=O)C(C2=Cc3ccccc3S2(=O)=O)=C(C2=Cc3ccccc3S2(=O)=O)C(C2=Cc3ccccc3S2(=O)=O)=C1C1=Cc2ccccc2S1(=O)=O. The smallest absolute Gasteiger partial charge is 0.210 e. The fourth-order valence-corrected chi connectivity index (χ4v) is 16.8. The predicted octanol–water partition coefficient (Wildman–Crippen LogP) is 5.24. The van der Waals surface area contributed by atoms with Crippen molar-refractivity contribution in [2.45, 2.75) is 19.6 Å². The first-order valence-corrected chi connectivity index (χ1v) is 22.5. The molecule has 0 fully saturated rings. The van der Waals surface area contributed by atoms with Crippen molar-refractivity contribution in [1.82, 2.24) is 0 Å². The van der Waals surface area contributed by atoms with E-state index in [0.717, 1.165) is 24.3 Å². The molecule has 5 aliphatic rings. The van der Waals surface area contributed by atoms with Gasteiger partial charge in [0, 0.05) is 11.1 Å². The van der Waals surface area contributed by atoms with Gasteiger partial charge in [0.2, 0.25) is 49.2 Å². The van der Waals surface area contributed by atoms with Crippen molar-refractivity contribution in [2.24, 2.45) is 0 Å². The Kier molecular flexibility index (Phi) is 6.34. The monoisotopic (exact) mass is 772 g/mol. The second kappa shape index (κ2) is 10.1. The number of sulfone groups is 5. The lowest BCUT2D eigenvalue weighted by atomic mass is 10.00. The molecule has 0 bridgehead atoms. The molecule has 9 rings (SSSR count). The largest absolute Gasteiger partial charge is 0.218 e. The molecular formula is C36H20O10S5. The van der Waals surface area contributed by atoms with Crippen LogP contribution >= 0.6 is 0 Å². The number of hydrogen-bond donors (Lipinski definition) is 0. The van der Waals surface area contributed by atoms with E-state index in [9.17, 15) is 33.7 Å². The van der Waals surface area contributed by atoms with E-state index in [4.69, 9.17) is 0 Å². The maximum absolute atomic E-state index is 15.3. The Labute approximate surface area is 293 Å². The van der Waals surface area contributed by atoms with Gasteiger partial charge in [-0.05, 0) is 70.8 Å². The van der Waals surface area contributed by atoms with E-state index in [-0.39, 0.29) is 41.8 Å². The second-order valence-electron chi connectivity index (χ2n) is 12.1. The minimum absolute atomic E-state index is 0.108. The fraction of sp³-hybridized carbons (Fsp3) is 0. The van der Waals surface area contributed by atoms with Crippen LogP contribution < -0.4 is 0 Å². The molecule has 5 aliphatic heterocycles. The highest BCUT2D eigenvalue weighted by Crippen LogP contribution is 2.58. The Morgan fingerprint density at radius 2 is 0.510 bits per heavy atom. The maximum atomic E-state index is 15.3. The zero-order valence-corrected chi connectivity index (χ0v) is 29.8. The molecule has 0 spiro atoms. The summed E-state index contributed by atoms with van der Waals surface area (Å²) >= 11 is 0. The molecule has 0 amide bonds. The maximum Gasteiger partial charge on any atom is 0.210 e. The van der Waals surface area contributed by atoms with E-state index < -0.39 is 89.8 Å². The van der Waals surface area contributed by atoms with Gasteiger partial charge in [-0.15, -0.1) is 0 Å². The van der Waals surface area contributed by atoms with Gasteiger partial charge < -0.3 is 0 Å². The van der Waals surface area contributed by atoms with E-state index in [2.05, 4.69) is 0 Å². The molecule has 0 atom stereocenters. The summed E-state index contributed by atoms with van der Waals surface area (Å²) in [6.45, 7) is 0. The summed E-state index contributed by atoms with van der Waals surface area (Å²) in [5, 5.41) is 0. The van der Waals surface area contributed by atoms with Crippen molar-refractivity contribution in [3.8, 4) is 0 Å². The molecule has 15 heteroatoms. The standard InChI is InChI=1S/C36H20O10S5/c37-47(38)25-13-5-1-9-21(25)17-29(47)33-34(30-18-22-10-2-6-14-26(22)48(30,39)40)36(32-20-24-12-4-8-16-28(24)50(32,43)44)51(45,46)35(33)31-19-23-11-3-7-15-27(23)49(31,41)42/h1-20H. The molecule has 51 heavy (non-hydrogen) atoms. The molecule has 0 radical (unpaired) electrons. The highest BCUT2D eigenvalue weighted by Gasteiger charge is 2.55. The van der Waals surface area contributed by atoms with Crippen LogP contribution in [0.3, 0.4) is 0 Å². The van der Waals surface area contributed by atoms with Gasteiger partial charge in [0.15, 0.2) is 0 Å². The van der Waals surface area contributed by atoms with Gasteiger partial charge in [-0.3, -0.25) is 0 Å². The minimum atomic E-state index is -5.37. The highest BCUT2D eigenvalue weighted by atomic mass is 32.2. The highest BCUT2D eigenvalue weighted by molar-refractivity contribution is 8.06. The summed E-state index contributed by atoms with van der Waals surface area (Å²) in [5.41, 5.74) is -1.00. The van der Waals surface area contributed by atoms with Crippen LogP contribution in [-0.2, 0) is 49.2 Å². The fourth-order valence-electron chi connectivity index (χ4n) is 7.09. The van der Waals surface area contributed by atoms with Crippen LogP contribution in [0.15, 0.2) is 157 Å². The Bertz CT molecular complexity index is 2960. The lowest BCUT2D eigenvalue weighted by Gasteiger charge is -2.15. The van der Waals surface area contributed by atoms with Gasteiger partial charge in [0.1, 0.15) is 0 Å². The van der Waals surface area contributed by atoms with Crippen LogP contribution in [0.25, 0.3) is 24.3 Å². The first-order chi connectivity index (χ1) is 24.1. The third-order valence-electron chi connectivity index (χ3n) is 9.32. The normalized spacial score (nSPS) is 22.0. The molecular weight excluding hydrogens is 753 g/mol. The molecule has 10 nitrogen and oxygen atoms in total. The number of fused-ring (bicyclic) bond motifs is 4. The van der Waals surface area contributed by atoms with Gasteiger partial charge >= 0.3 is 0 Å². The van der Waals surface area contributed by atoms with Crippen molar-refractivity contribution in [3.63, 3.8) is 0 Å². The average Bonchev–Trinajstić information content (AvgIpc) is 3.77. The Hall–Kier alpha value is -4.93. The zero-order chi connectivity index (χ0) is 35.9. The van der Waals surface area contributed by atoms with Gasteiger partial charge in [0.25, 0.3) is 0 Å². The summed E-state index contributed by atoms with van der Waals surface area (Å²) in [7, 11) is -24.0. The van der Waals surface area contributed by atoms with Crippen molar-refractivity contribution >= 4 is 73.5 Å². The molecule has 0 N–H and O–H groups in total. The first-order valence-electron chi connectivity index (χ1n) is 15.1. The third kappa shape index (κ3) is 4.08. The number of hydrogen-bond acceptors (Lipinski definition) is 10. The molecule has 0 aliphatic carbocycles. The quantitative estimate of drug-likeness (QED) is 0.267. The zero-order valence-electron chi connectivity index (χ0n) is 25.7. The molecule has 5 heterocycles. The molecule has 4 aromatic rings. The van der Waals surface area contributed by atoms with Gasteiger partial charge in [-0.1, -0.05) is 72.8 Å². The average molecular weight is 773 g/mol. The summed E-state index contributed by atoms with van der Waals surface area (Å²) in [6.07, 6.45) is 4.45.